The average molecular weight is 170 g/mol. The lowest BCUT2D eigenvalue weighted by molar-refractivity contribution is -0.121. The van der Waals surface area contributed by atoms with Crippen LogP contribution in [0.15, 0.2) is 0 Å². The lowest BCUT2D eigenvalue weighted by Gasteiger charge is -2.12. The summed E-state index contributed by atoms with van der Waals surface area (Å²) in [6.45, 7) is 0. The Hall–Kier alpha value is -0.370. The van der Waals surface area contributed by atoms with Crippen LogP contribution in [0.5, 0.6) is 0 Å². The second kappa shape index (κ2) is 5.31. The topological polar surface area (TPSA) is 26.3 Å². The minimum Gasteiger partial charge on any atom is -0.381 e. The normalized spacial score (nSPS) is 27.4. The fourth-order valence-corrected chi connectivity index (χ4v) is 1.71. The van der Waals surface area contributed by atoms with E-state index in [4.69, 9.17) is 4.74 Å². The summed E-state index contributed by atoms with van der Waals surface area (Å²) in [6, 6.07) is 0. The van der Waals surface area contributed by atoms with Crippen LogP contribution in [-0.4, -0.2) is 19.0 Å². The Morgan fingerprint density at radius 3 is 2.75 bits per heavy atom. The van der Waals surface area contributed by atoms with Crippen LogP contribution in [0.3, 0.4) is 0 Å². The van der Waals surface area contributed by atoms with E-state index in [0.29, 0.717) is 12.2 Å². The third-order valence-electron chi connectivity index (χ3n) is 2.52. The lowest BCUT2D eigenvalue weighted by Crippen LogP contribution is -2.15. The molecule has 1 rings (SSSR count). The van der Waals surface area contributed by atoms with E-state index in [1.807, 2.05) is 0 Å². The molecule has 0 heterocycles. The minimum atomic E-state index is 0.190. The Morgan fingerprint density at radius 2 is 2.00 bits per heavy atom. The molecule has 0 bridgehead atoms. The van der Waals surface area contributed by atoms with Gasteiger partial charge in [-0.1, -0.05) is 19.3 Å². The van der Waals surface area contributed by atoms with Crippen molar-refractivity contribution in [1.29, 1.82) is 0 Å². The third kappa shape index (κ3) is 3.35. The van der Waals surface area contributed by atoms with Gasteiger partial charge in [0.1, 0.15) is 5.78 Å². The van der Waals surface area contributed by atoms with Crippen LogP contribution in [0, 0.1) is 0 Å². The molecule has 0 aliphatic heterocycles. The number of methoxy groups -OCH3 is 1. The summed E-state index contributed by atoms with van der Waals surface area (Å²) in [5, 5.41) is 0. The molecular formula is C10H18O2. The molecule has 2 heteroatoms. The molecule has 0 radical (unpaired) electrons. The second-order valence-corrected chi connectivity index (χ2v) is 3.55. The molecule has 1 unspecified atom stereocenters. The highest BCUT2D eigenvalue weighted by atomic mass is 16.5. The molecule has 0 amide bonds. The first-order chi connectivity index (χ1) is 5.83. The summed E-state index contributed by atoms with van der Waals surface area (Å²) in [7, 11) is 1.70. The third-order valence-corrected chi connectivity index (χ3v) is 2.52. The first-order valence-electron chi connectivity index (χ1n) is 4.87. The van der Waals surface area contributed by atoms with Crippen LogP contribution in [0.2, 0.25) is 0 Å². The fourth-order valence-electron chi connectivity index (χ4n) is 1.71. The van der Waals surface area contributed by atoms with E-state index in [9.17, 15) is 4.79 Å². The van der Waals surface area contributed by atoms with Crippen molar-refractivity contribution >= 4 is 5.78 Å². The summed E-state index contributed by atoms with van der Waals surface area (Å²) in [4.78, 5) is 11.3. The van der Waals surface area contributed by atoms with Gasteiger partial charge in [0.05, 0.1) is 6.10 Å². The Balaban J connectivity index is 2.37. The van der Waals surface area contributed by atoms with Crippen LogP contribution in [-0.2, 0) is 9.53 Å². The predicted octanol–water partition coefficient (Wildman–Crippen LogP) is 2.31. The van der Waals surface area contributed by atoms with E-state index < -0.39 is 0 Å². The molecule has 0 N–H and O–H groups in total. The maximum absolute atomic E-state index is 11.3. The molecule has 0 aromatic carbocycles. The Labute approximate surface area is 74.3 Å². The predicted molar refractivity (Wildman–Crippen MR) is 48.1 cm³/mol. The zero-order valence-electron chi connectivity index (χ0n) is 7.84. The van der Waals surface area contributed by atoms with Crippen molar-refractivity contribution in [2.24, 2.45) is 0 Å². The van der Waals surface area contributed by atoms with Gasteiger partial charge in [0, 0.05) is 20.0 Å². The number of ether oxygens (including phenoxy) is 1. The van der Waals surface area contributed by atoms with Crippen molar-refractivity contribution in [2.75, 3.05) is 7.11 Å². The van der Waals surface area contributed by atoms with Crippen molar-refractivity contribution < 1.29 is 9.53 Å². The highest BCUT2D eigenvalue weighted by Crippen LogP contribution is 2.16. The van der Waals surface area contributed by atoms with Crippen LogP contribution in [0.1, 0.15) is 44.9 Å². The van der Waals surface area contributed by atoms with Gasteiger partial charge in [0.2, 0.25) is 0 Å². The van der Waals surface area contributed by atoms with Crippen LogP contribution >= 0.6 is 0 Å². The monoisotopic (exact) mass is 170 g/mol. The summed E-state index contributed by atoms with van der Waals surface area (Å²) >= 11 is 0. The van der Waals surface area contributed by atoms with Crippen molar-refractivity contribution in [3.8, 4) is 0 Å². The standard InChI is InChI=1S/C10H18O2/c1-12-10-7-5-3-2-4-6-9(11)8-10/h10H,2-8H2,1H3. The van der Waals surface area contributed by atoms with Crippen molar-refractivity contribution in [2.45, 2.75) is 51.0 Å². The van der Waals surface area contributed by atoms with E-state index in [0.717, 1.165) is 19.3 Å². The number of hydrogen-bond donors (Lipinski definition) is 0. The number of carbonyl (C=O) groups excluding carboxylic acids is 1. The van der Waals surface area contributed by atoms with Gasteiger partial charge in [-0.3, -0.25) is 4.79 Å². The highest BCUT2D eigenvalue weighted by Gasteiger charge is 2.14. The van der Waals surface area contributed by atoms with Gasteiger partial charge in [0.25, 0.3) is 0 Å². The maximum atomic E-state index is 11.3. The van der Waals surface area contributed by atoms with E-state index in [1.165, 1.54) is 19.3 Å². The van der Waals surface area contributed by atoms with Crippen molar-refractivity contribution in [1.82, 2.24) is 0 Å². The Morgan fingerprint density at radius 1 is 1.25 bits per heavy atom. The van der Waals surface area contributed by atoms with E-state index in [1.54, 1.807) is 7.11 Å². The molecule has 0 aromatic heterocycles. The molecule has 1 fully saturated rings. The van der Waals surface area contributed by atoms with Crippen LogP contribution < -0.4 is 0 Å². The lowest BCUT2D eigenvalue weighted by atomic mass is 10.1. The van der Waals surface area contributed by atoms with Gasteiger partial charge in [-0.05, 0) is 12.8 Å². The number of ketones is 1. The molecule has 1 atom stereocenters. The quantitative estimate of drug-likeness (QED) is 0.603. The summed E-state index contributed by atoms with van der Waals surface area (Å²) < 4.78 is 5.23. The van der Waals surface area contributed by atoms with Crippen LogP contribution in [0.4, 0.5) is 0 Å². The average Bonchev–Trinajstić information content (AvgIpc) is 2.16. The van der Waals surface area contributed by atoms with Crippen LogP contribution in [0.25, 0.3) is 0 Å². The van der Waals surface area contributed by atoms with Gasteiger partial charge in [-0.15, -0.1) is 0 Å². The smallest absolute Gasteiger partial charge is 0.135 e. The van der Waals surface area contributed by atoms with Gasteiger partial charge in [-0.2, -0.15) is 0 Å². The van der Waals surface area contributed by atoms with E-state index in [-0.39, 0.29) is 6.10 Å². The molecule has 1 aliphatic rings. The number of rotatable bonds is 1. The Kier molecular flexibility index (Phi) is 4.30. The van der Waals surface area contributed by atoms with Crippen molar-refractivity contribution in [3.63, 3.8) is 0 Å². The summed E-state index contributed by atoms with van der Waals surface area (Å²) in [5.74, 6) is 0.378. The fraction of sp³-hybridized carbons (Fsp3) is 0.900. The zero-order valence-corrected chi connectivity index (χ0v) is 7.84. The molecule has 12 heavy (non-hydrogen) atoms. The molecule has 1 saturated carbocycles. The Bertz CT molecular complexity index is 143. The van der Waals surface area contributed by atoms with E-state index >= 15 is 0 Å². The molecule has 1 aliphatic carbocycles. The second-order valence-electron chi connectivity index (χ2n) is 3.55. The molecule has 0 aromatic rings. The zero-order chi connectivity index (χ0) is 8.81. The SMILES string of the molecule is COC1CCCCCCC(=O)C1. The summed E-state index contributed by atoms with van der Waals surface area (Å²) in [6.07, 6.45) is 7.41. The first kappa shape index (κ1) is 9.72. The minimum absolute atomic E-state index is 0.190. The van der Waals surface area contributed by atoms with Gasteiger partial charge < -0.3 is 4.74 Å². The van der Waals surface area contributed by atoms with Gasteiger partial charge >= 0.3 is 0 Å². The van der Waals surface area contributed by atoms with E-state index in [2.05, 4.69) is 0 Å². The highest BCUT2D eigenvalue weighted by molar-refractivity contribution is 5.78. The number of Topliss-reactive ketones (excluding diaryl/α,β-unsaturated/α-hetero) is 1. The molecule has 2 nitrogen and oxygen atoms in total. The number of hydrogen-bond acceptors (Lipinski definition) is 2. The summed E-state index contributed by atoms with van der Waals surface area (Å²) in [5.41, 5.74) is 0. The molecule has 0 spiro atoms. The number of carbonyl (C=O) groups is 1. The largest absolute Gasteiger partial charge is 0.381 e. The first-order valence-corrected chi connectivity index (χ1v) is 4.87. The molecular weight excluding hydrogens is 152 g/mol. The molecule has 70 valence electrons. The molecule has 0 saturated heterocycles. The van der Waals surface area contributed by atoms with Gasteiger partial charge in [-0.25, -0.2) is 0 Å². The van der Waals surface area contributed by atoms with Gasteiger partial charge in [0.15, 0.2) is 0 Å². The van der Waals surface area contributed by atoms with Crippen molar-refractivity contribution in [3.05, 3.63) is 0 Å². The maximum Gasteiger partial charge on any atom is 0.135 e.